The van der Waals surface area contributed by atoms with Crippen LogP contribution in [-0.4, -0.2) is 25.7 Å². The van der Waals surface area contributed by atoms with Crippen LogP contribution >= 0.6 is 86.9 Å². The third kappa shape index (κ3) is 5.66. The first kappa shape index (κ1) is 25.0. The van der Waals surface area contributed by atoms with E-state index < -0.39 is 10.0 Å². The van der Waals surface area contributed by atoms with Crippen molar-refractivity contribution in [2.75, 3.05) is 0 Å². The fourth-order valence-corrected chi connectivity index (χ4v) is 5.76. The molecule has 0 saturated heterocycles. The van der Waals surface area contributed by atoms with Gasteiger partial charge in [-0.05, 0) is 112 Å². The molecule has 0 fully saturated rings. The van der Waals surface area contributed by atoms with Gasteiger partial charge < -0.3 is 0 Å². The van der Waals surface area contributed by atoms with E-state index in [1.54, 1.807) is 24.3 Å². The van der Waals surface area contributed by atoms with Crippen molar-refractivity contribution in [3.05, 3.63) is 82.1 Å². The lowest BCUT2D eigenvalue weighted by Gasteiger charge is -2.15. The maximum absolute atomic E-state index is 12.9. The highest BCUT2D eigenvalue weighted by Gasteiger charge is 2.29. The summed E-state index contributed by atoms with van der Waals surface area (Å²) in [5.74, 6) is -0.415. The highest BCUT2D eigenvalue weighted by molar-refractivity contribution is 9.16. The SMILES string of the molecule is O=C1C(Br)=C(Br)C(=N/C(=N/S(=O)(=O)c2ccc(Cl)cc2)c2ccc(Cl)cc2)C(Br)=C1Br. The topological polar surface area (TPSA) is 75.9 Å². The number of allylic oxidation sites excluding steroid dienone is 4. The standard InChI is InChI=1S/C19H8Br4Cl2N2O3S/c20-13-15(22)18(28)16(23)14(21)17(13)26-19(9-1-3-10(24)4-2-9)27-31(29,30)12-7-5-11(25)6-8-12/h1-8H/b27-19+. The van der Waals surface area contributed by atoms with Gasteiger partial charge in [0.1, 0.15) is 0 Å². The summed E-state index contributed by atoms with van der Waals surface area (Å²) in [6.07, 6.45) is 0. The van der Waals surface area contributed by atoms with Crippen LogP contribution in [0.2, 0.25) is 10.0 Å². The number of sulfonamides is 1. The molecule has 0 N–H and O–H groups in total. The van der Waals surface area contributed by atoms with Crippen molar-refractivity contribution < 1.29 is 13.2 Å². The Labute approximate surface area is 221 Å². The second kappa shape index (κ2) is 10.1. The van der Waals surface area contributed by atoms with Crippen LogP contribution in [0.4, 0.5) is 0 Å². The van der Waals surface area contributed by atoms with Crippen molar-refractivity contribution in [3.8, 4) is 0 Å². The van der Waals surface area contributed by atoms with Crippen LogP contribution in [0.5, 0.6) is 0 Å². The molecule has 1 aliphatic carbocycles. The van der Waals surface area contributed by atoms with Gasteiger partial charge >= 0.3 is 0 Å². The minimum atomic E-state index is -4.12. The molecule has 2 aromatic carbocycles. The molecule has 5 nitrogen and oxygen atoms in total. The number of nitrogens with zero attached hydrogens (tertiary/aromatic N) is 2. The fourth-order valence-electron chi connectivity index (χ4n) is 2.31. The fraction of sp³-hybridized carbons (Fsp3) is 0. The molecule has 12 heteroatoms. The molecule has 2 aromatic rings. The number of aliphatic imine (C=N–C) groups is 1. The van der Waals surface area contributed by atoms with Gasteiger partial charge in [0.2, 0.25) is 5.78 Å². The second-order valence-corrected chi connectivity index (χ2v) is 11.5. The van der Waals surface area contributed by atoms with Crippen molar-refractivity contribution in [2.24, 2.45) is 9.39 Å². The Bertz CT molecular complexity index is 1270. The summed E-state index contributed by atoms with van der Waals surface area (Å²) in [4.78, 5) is 16.7. The van der Waals surface area contributed by atoms with Gasteiger partial charge in [0.25, 0.3) is 10.0 Å². The number of amidine groups is 1. The summed E-state index contributed by atoms with van der Waals surface area (Å²) in [7, 11) is -4.12. The van der Waals surface area contributed by atoms with E-state index in [0.29, 0.717) is 24.6 Å². The summed E-state index contributed by atoms with van der Waals surface area (Å²) in [6.45, 7) is 0. The van der Waals surface area contributed by atoms with Gasteiger partial charge in [0.15, 0.2) is 5.84 Å². The zero-order valence-electron chi connectivity index (χ0n) is 14.9. The number of rotatable bonds is 3. The van der Waals surface area contributed by atoms with Crippen molar-refractivity contribution in [1.82, 2.24) is 0 Å². The first-order valence-electron chi connectivity index (χ1n) is 8.12. The summed E-state index contributed by atoms with van der Waals surface area (Å²) < 4.78 is 30.9. The molecule has 0 saturated carbocycles. The lowest BCUT2D eigenvalue weighted by molar-refractivity contribution is -0.110. The largest absolute Gasteiger partial charge is 0.287 e. The van der Waals surface area contributed by atoms with E-state index in [9.17, 15) is 13.2 Å². The van der Waals surface area contributed by atoms with Crippen LogP contribution in [0.15, 0.2) is 80.7 Å². The van der Waals surface area contributed by atoms with E-state index in [1.807, 2.05) is 0 Å². The summed E-state index contributed by atoms with van der Waals surface area (Å²) >= 11 is 24.9. The maximum Gasteiger partial charge on any atom is 0.284 e. The van der Waals surface area contributed by atoms with Crippen molar-refractivity contribution in [1.29, 1.82) is 0 Å². The number of hydrogen-bond acceptors (Lipinski definition) is 3. The predicted molar refractivity (Wildman–Crippen MR) is 139 cm³/mol. The van der Waals surface area contributed by atoms with Crippen LogP contribution in [0.3, 0.4) is 0 Å². The molecule has 0 amide bonds. The molecule has 3 rings (SSSR count). The number of halogens is 6. The van der Waals surface area contributed by atoms with Gasteiger partial charge in [0.05, 0.1) is 28.5 Å². The molecule has 0 aliphatic heterocycles. The molecule has 0 heterocycles. The zero-order valence-corrected chi connectivity index (χ0v) is 23.6. The number of benzene rings is 2. The molecule has 0 unspecified atom stereocenters. The average Bonchev–Trinajstić information content (AvgIpc) is 2.74. The Balaban J connectivity index is 2.24. The van der Waals surface area contributed by atoms with Gasteiger partial charge in [-0.15, -0.1) is 4.40 Å². The highest BCUT2D eigenvalue weighted by Crippen LogP contribution is 2.37. The number of carbonyl (C=O) groups is 1. The lowest BCUT2D eigenvalue weighted by Crippen LogP contribution is -2.17. The summed E-state index contributed by atoms with van der Waals surface area (Å²) in [5.41, 5.74) is 0.664. The molecule has 0 spiro atoms. The molecule has 31 heavy (non-hydrogen) atoms. The minimum Gasteiger partial charge on any atom is -0.287 e. The lowest BCUT2D eigenvalue weighted by atomic mass is 10.1. The van der Waals surface area contributed by atoms with Crippen molar-refractivity contribution in [2.45, 2.75) is 4.90 Å². The van der Waals surface area contributed by atoms with Gasteiger partial charge in [-0.25, -0.2) is 4.99 Å². The zero-order chi connectivity index (χ0) is 22.9. The smallest absolute Gasteiger partial charge is 0.284 e. The van der Waals surface area contributed by atoms with Crippen LogP contribution < -0.4 is 0 Å². The Morgan fingerprint density at radius 3 is 1.68 bits per heavy atom. The first-order valence-corrected chi connectivity index (χ1v) is 13.5. The van der Waals surface area contributed by atoms with Crippen LogP contribution in [0, 0.1) is 0 Å². The van der Waals surface area contributed by atoms with E-state index in [0.717, 1.165) is 0 Å². The van der Waals surface area contributed by atoms with Crippen LogP contribution in [0.25, 0.3) is 0 Å². The third-order valence-electron chi connectivity index (χ3n) is 3.84. The van der Waals surface area contributed by atoms with Crippen LogP contribution in [0.1, 0.15) is 5.56 Å². The molecule has 0 radical (unpaired) electrons. The monoisotopic (exact) mass is 730 g/mol. The molecular weight excluding hydrogens is 727 g/mol. The van der Waals surface area contributed by atoms with E-state index in [2.05, 4.69) is 73.1 Å². The van der Waals surface area contributed by atoms with Crippen molar-refractivity contribution in [3.63, 3.8) is 0 Å². The predicted octanol–water partition coefficient (Wildman–Crippen LogP) is 7.16. The number of ketones is 1. The molecule has 160 valence electrons. The number of Topliss-reactive ketones (excluding diaryl/α,β-unsaturated/α-hetero) is 1. The van der Waals surface area contributed by atoms with Crippen LogP contribution in [-0.2, 0) is 14.8 Å². The van der Waals surface area contributed by atoms with E-state index in [1.165, 1.54) is 24.3 Å². The molecule has 1 aliphatic rings. The average molecular weight is 735 g/mol. The maximum atomic E-state index is 12.9. The molecule has 0 aromatic heterocycles. The molecule has 0 bridgehead atoms. The highest BCUT2D eigenvalue weighted by atomic mass is 79.9. The third-order valence-corrected chi connectivity index (χ3v) is 9.74. The van der Waals surface area contributed by atoms with Gasteiger partial charge in [0, 0.05) is 15.6 Å². The van der Waals surface area contributed by atoms with E-state index >= 15 is 0 Å². The number of hydrogen-bond donors (Lipinski definition) is 0. The van der Waals surface area contributed by atoms with Gasteiger partial charge in [-0.3, -0.25) is 4.79 Å². The van der Waals surface area contributed by atoms with Gasteiger partial charge in [-0.2, -0.15) is 8.42 Å². The Morgan fingerprint density at radius 1 is 0.742 bits per heavy atom. The first-order chi connectivity index (χ1) is 14.5. The quantitative estimate of drug-likeness (QED) is 0.191. The summed E-state index contributed by atoms with van der Waals surface area (Å²) in [5, 5.41) is 0.859. The Hall–Kier alpha value is -0.620. The number of carbonyl (C=O) groups excluding carboxylic acids is 1. The minimum absolute atomic E-state index is 0.0473. The second-order valence-electron chi connectivity index (χ2n) is 5.90. The van der Waals surface area contributed by atoms with E-state index in [4.69, 9.17) is 23.2 Å². The normalized spacial score (nSPS) is 15.6. The van der Waals surface area contributed by atoms with E-state index in [-0.39, 0.29) is 31.2 Å². The Morgan fingerprint density at radius 2 is 1.19 bits per heavy atom. The summed E-state index contributed by atoms with van der Waals surface area (Å²) in [6, 6.07) is 12.0. The van der Waals surface area contributed by atoms with Crippen molar-refractivity contribution >= 4 is 114 Å². The molecular formula is C19H8Br4Cl2N2O3S. The Kier molecular flexibility index (Phi) is 8.16. The van der Waals surface area contributed by atoms with Gasteiger partial charge in [-0.1, -0.05) is 23.2 Å². The molecule has 0 atom stereocenters.